The van der Waals surface area contributed by atoms with Crippen molar-refractivity contribution in [1.82, 2.24) is 9.88 Å². The Hall–Kier alpha value is -3.68. The van der Waals surface area contributed by atoms with Crippen LogP contribution in [0.4, 0.5) is 13.2 Å². The van der Waals surface area contributed by atoms with Crippen molar-refractivity contribution >= 4 is 11.8 Å². The molecule has 8 heteroatoms. The molecule has 32 heavy (non-hydrogen) atoms. The Morgan fingerprint density at radius 2 is 1.81 bits per heavy atom. The van der Waals surface area contributed by atoms with Crippen molar-refractivity contribution in [2.24, 2.45) is 5.73 Å². The number of benzene rings is 2. The average Bonchev–Trinajstić information content (AvgIpc) is 3.20. The third kappa shape index (κ3) is 4.08. The number of carbonyl (C=O) groups is 2. The fourth-order valence-electron chi connectivity index (χ4n) is 4.22. The molecule has 3 aromatic rings. The molecule has 164 valence electrons. The maximum absolute atomic E-state index is 13.6. The van der Waals surface area contributed by atoms with Crippen LogP contribution >= 0.6 is 0 Å². The van der Waals surface area contributed by atoms with E-state index in [1.807, 2.05) is 0 Å². The van der Waals surface area contributed by atoms with Gasteiger partial charge in [-0.05, 0) is 53.8 Å². The van der Waals surface area contributed by atoms with Gasteiger partial charge in [-0.1, -0.05) is 36.4 Å². The van der Waals surface area contributed by atoms with Crippen molar-refractivity contribution in [1.29, 1.82) is 0 Å². The van der Waals surface area contributed by atoms with Crippen LogP contribution in [-0.4, -0.2) is 21.7 Å². The normalized spacial score (nSPS) is 16.3. The van der Waals surface area contributed by atoms with Gasteiger partial charge in [-0.25, -0.2) is 0 Å². The number of alkyl halides is 3. The average molecular weight is 439 g/mol. The highest BCUT2D eigenvalue weighted by molar-refractivity contribution is 5.97. The Morgan fingerprint density at radius 1 is 1.06 bits per heavy atom. The van der Waals surface area contributed by atoms with E-state index in [1.54, 1.807) is 42.5 Å². The summed E-state index contributed by atoms with van der Waals surface area (Å²) in [6.45, 7) is 0. The Labute approximate surface area is 182 Å². The number of halogens is 3. The maximum Gasteiger partial charge on any atom is 0.416 e. The lowest BCUT2D eigenvalue weighted by Gasteiger charge is -2.36. The number of nitrogens with zero attached hydrogens (tertiary/aromatic N) is 2. The van der Waals surface area contributed by atoms with Crippen LogP contribution in [-0.2, 0) is 17.4 Å². The molecule has 0 bridgehead atoms. The molecule has 0 aliphatic heterocycles. The maximum atomic E-state index is 13.6. The number of hydrogen-bond donors (Lipinski definition) is 1. The van der Waals surface area contributed by atoms with E-state index in [0.717, 1.165) is 12.1 Å². The van der Waals surface area contributed by atoms with E-state index < -0.39 is 35.6 Å². The lowest BCUT2D eigenvalue weighted by atomic mass is 9.97. The summed E-state index contributed by atoms with van der Waals surface area (Å²) in [6, 6.07) is 13.3. The quantitative estimate of drug-likeness (QED) is 0.638. The Morgan fingerprint density at radius 3 is 2.44 bits per heavy atom. The molecule has 2 atom stereocenters. The van der Waals surface area contributed by atoms with Gasteiger partial charge < -0.3 is 10.6 Å². The Balaban J connectivity index is 1.86. The highest BCUT2D eigenvalue weighted by Crippen LogP contribution is 2.43. The van der Waals surface area contributed by atoms with Gasteiger partial charge in [0, 0.05) is 12.4 Å². The van der Waals surface area contributed by atoms with Gasteiger partial charge in [0.2, 0.25) is 5.91 Å². The number of aromatic nitrogens is 1. The zero-order valence-electron chi connectivity index (χ0n) is 16.9. The Bertz CT molecular complexity index is 1130. The third-order valence-electron chi connectivity index (χ3n) is 5.66. The third-order valence-corrected chi connectivity index (χ3v) is 5.66. The van der Waals surface area contributed by atoms with Crippen molar-refractivity contribution in [3.63, 3.8) is 0 Å². The van der Waals surface area contributed by atoms with Crippen LogP contribution < -0.4 is 5.73 Å². The smallest absolute Gasteiger partial charge is 0.368 e. The summed E-state index contributed by atoms with van der Waals surface area (Å²) in [4.78, 5) is 31.5. The lowest BCUT2D eigenvalue weighted by molar-refractivity contribution is -0.137. The molecule has 0 fully saturated rings. The molecule has 0 spiro atoms. The monoisotopic (exact) mass is 439 g/mol. The minimum absolute atomic E-state index is 0.218. The number of nitrogens with two attached hydrogens (primary N) is 1. The number of amides is 2. The molecule has 2 amide bonds. The van der Waals surface area contributed by atoms with Gasteiger partial charge in [-0.15, -0.1) is 0 Å². The van der Waals surface area contributed by atoms with Crippen molar-refractivity contribution < 1.29 is 22.8 Å². The predicted molar refractivity (Wildman–Crippen MR) is 111 cm³/mol. The van der Waals surface area contributed by atoms with Gasteiger partial charge in [0.25, 0.3) is 5.91 Å². The van der Waals surface area contributed by atoms with E-state index >= 15 is 0 Å². The van der Waals surface area contributed by atoms with Crippen LogP contribution in [0, 0.1) is 0 Å². The molecule has 0 unspecified atom stereocenters. The number of carbonyl (C=O) groups excluding carboxylic acids is 2. The predicted octanol–water partition coefficient (Wildman–Crippen LogP) is 4.46. The first-order valence-corrected chi connectivity index (χ1v) is 10.0. The second-order valence-electron chi connectivity index (χ2n) is 7.64. The first-order chi connectivity index (χ1) is 15.3. The summed E-state index contributed by atoms with van der Waals surface area (Å²) in [5, 5.41) is 0. The zero-order chi connectivity index (χ0) is 22.9. The molecule has 5 nitrogen and oxygen atoms in total. The lowest BCUT2D eigenvalue weighted by Crippen LogP contribution is -2.43. The van der Waals surface area contributed by atoms with Crippen LogP contribution in [0.5, 0.6) is 0 Å². The molecule has 1 heterocycles. The summed E-state index contributed by atoms with van der Waals surface area (Å²) in [7, 11) is 0. The number of primary amides is 1. The number of hydrogen-bond acceptors (Lipinski definition) is 3. The van der Waals surface area contributed by atoms with E-state index in [0.29, 0.717) is 29.5 Å². The number of rotatable bonds is 5. The largest absolute Gasteiger partial charge is 0.416 e. The SMILES string of the molecule is NC(=O)[C@@H](c1ccccc1)N(C(=O)c1cccnc1)[C@@H]1CCc2ccc(C(F)(F)F)cc21. The fourth-order valence-corrected chi connectivity index (χ4v) is 4.22. The zero-order valence-corrected chi connectivity index (χ0v) is 16.9. The molecule has 2 N–H and O–H groups in total. The Kier molecular flexibility index (Phi) is 5.69. The van der Waals surface area contributed by atoms with Gasteiger partial charge in [0.05, 0.1) is 17.2 Å². The first kappa shape index (κ1) is 21.5. The fraction of sp³-hybridized carbons (Fsp3) is 0.208. The molecule has 4 rings (SSSR count). The van der Waals surface area contributed by atoms with Gasteiger partial charge in [0.1, 0.15) is 6.04 Å². The molecule has 1 aliphatic rings. The molecule has 1 aromatic heterocycles. The van der Waals surface area contributed by atoms with Crippen molar-refractivity contribution in [3.05, 3.63) is 101 Å². The molecule has 0 saturated heterocycles. The molecule has 0 saturated carbocycles. The van der Waals surface area contributed by atoms with Crippen LogP contribution in [0.2, 0.25) is 0 Å². The van der Waals surface area contributed by atoms with Crippen molar-refractivity contribution in [2.75, 3.05) is 0 Å². The van der Waals surface area contributed by atoms with Gasteiger partial charge in [-0.2, -0.15) is 13.2 Å². The number of aryl methyl sites for hydroxylation is 1. The molecule has 2 aromatic carbocycles. The van der Waals surface area contributed by atoms with Gasteiger partial charge in [-0.3, -0.25) is 14.6 Å². The second-order valence-corrected chi connectivity index (χ2v) is 7.64. The summed E-state index contributed by atoms with van der Waals surface area (Å²) >= 11 is 0. The van der Waals surface area contributed by atoms with E-state index in [4.69, 9.17) is 5.73 Å². The summed E-state index contributed by atoms with van der Waals surface area (Å²) in [6.07, 6.45) is -0.803. The van der Waals surface area contributed by atoms with E-state index in [1.165, 1.54) is 23.4 Å². The molecular weight excluding hydrogens is 419 g/mol. The van der Waals surface area contributed by atoms with Crippen LogP contribution in [0.3, 0.4) is 0 Å². The van der Waals surface area contributed by atoms with Crippen LogP contribution in [0.15, 0.2) is 73.1 Å². The summed E-state index contributed by atoms with van der Waals surface area (Å²) in [5.41, 5.74) is 6.73. The highest BCUT2D eigenvalue weighted by Gasteiger charge is 2.41. The van der Waals surface area contributed by atoms with E-state index in [-0.39, 0.29) is 5.56 Å². The minimum Gasteiger partial charge on any atom is -0.368 e. The highest BCUT2D eigenvalue weighted by atomic mass is 19.4. The van der Waals surface area contributed by atoms with Crippen LogP contribution in [0.25, 0.3) is 0 Å². The van der Waals surface area contributed by atoms with E-state index in [9.17, 15) is 22.8 Å². The van der Waals surface area contributed by atoms with Crippen LogP contribution in [0.1, 0.15) is 51.1 Å². The van der Waals surface area contributed by atoms with Crippen molar-refractivity contribution in [2.45, 2.75) is 31.1 Å². The topological polar surface area (TPSA) is 76.3 Å². The summed E-state index contributed by atoms with van der Waals surface area (Å²) in [5.74, 6) is -1.30. The molecule has 0 radical (unpaired) electrons. The number of pyridine rings is 1. The van der Waals surface area contributed by atoms with Crippen molar-refractivity contribution in [3.8, 4) is 0 Å². The standard InChI is InChI=1S/C24H20F3N3O2/c25-24(26,27)18-10-8-15-9-11-20(19(15)13-18)30(23(32)17-7-4-12-29-14-17)21(22(28)31)16-5-2-1-3-6-16/h1-8,10,12-14,20-21H,9,11H2,(H2,28,31)/t20-,21-/m1/s1. The first-order valence-electron chi connectivity index (χ1n) is 10.0. The van der Waals surface area contributed by atoms with Gasteiger partial charge >= 0.3 is 6.18 Å². The summed E-state index contributed by atoms with van der Waals surface area (Å²) < 4.78 is 40.2. The molecular formula is C24H20F3N3O2. The van der Waals surface area contributed by atoms with Gasteiger partial charge in [0.15, 0.2) is 0 Å². The second kappa shape index (κ2) is 8.45. The van der Waals surface area contributed by atoms with E-state index in [2.05, 4.69) is 4.98 Å². The molecule has 1 aliphatic carbocycles. The number of fused-ring (bicyclic) bond motifs is 1. The minimum atomic E-state index is -4.52.